The Morgan fingerprint density at radius 1 is 1.40 bits per heavy atom. The number of aliphatic hydroxyl groups is 3. The predicted molar refractivity (Wildman–Crippen MR) is 46.5 cm³/mol. The summed E-state index contributed by atoms with van der Waals surface area (Å²) in [6.45, 7) is 0.162. The molecule has 0 aromatic rings. The van der Waals surface area contributed by atoms with Gasteiger partial charge in [-0.3, -0.25) is 4.79 Å². The van der Waals surface area contributed by atoms with Gasteiger partial charge in [-0.2, -0.15) is 0 Å². The third-order valence-electron chi connectivity index (χ3n) is 2.24. The first-order chi connectivity index (χ1) is 6.97. The zero-order valence-electron chi connectivity index (χ0n) is 8.13. The molecular formula is C8H14FNO5. The van der Waals surface area contributed by atoms with Crippen LogP contribution in [0.15, 0.2) is 0 Å². The maximum absolute atomic E-state index is 12.3. The average molecular weight is 223 g/mol. The largest absolute Gasteiger partial charge is 0.388 e. The number of ether oxygens (including phenoxy) is 1. The fourth-order valence-electron chi connectivity index (χ4n) is 1.46. The summed E-state index contributed by atoms with van der Waals surface area (Å²) >= 11 is 0. The molecule has 0 aliphatic carbocycles. The van der Waals surface area contributed by atoms with Crippen molar-refractivity contribution in [2.45, 2.75) is 37.6 Å². The molecule has 4 N–H and O–H groups in total. The van der Waals surface area contributed by atoms with Gasteiger partial charge in [-0.15, -0.1) is 0 Å². The summed E-state index contributed by atoms with van der Waals surface area (Å²) in [4.78, 5) is 10.7. The van der Waals surface area contributed by atoms with Gasteiger partial charge in [0.05, 0.1) is 0 Å². The quantitative estimate of drug-likeness (QED) is 0.430. The number of hydrogen-bond donors (Lipinski definition) is 4. The zero-order valence-corrected chi connectivity index (χ0v) is 8.13. The van der Waals surface area contributed by atoms with Gasteiger partial charge >= 0.3 is 0 Å². The van der Waals surface area contributed by atoms with Gasteiger partial charge in [-0.1, -0.05) is 0 Å². The molecule has 1 aliphatic rings. The SMILES string of the molecule is CC(=O)NC1C(O)[C@@H](O)C(CF)O[C@@H]1O. The minimum atomic E-state index is -1.53. The zero-order chi connectivity index (χ0) is 11.6. The highest BCUT2D eigenvalue weighted by Crippen LogP contribution is 2.20. The van der Waals surface area contributed by atoms with E-state index in [0.29, 0.717) is 0 Å². The second-order valence-electron chi connectivity index (χ2n) is 3.43. The van der Waals surface area contributed by atoms with Crippen LogP contribution in [0.25, 0.3) is 0 Å². The van der Waals surface area contributed by atoms with Gasteiger partial charge in [0.1, 0.15) is 31.0 Å². The molecule has 1 rings (SSSR count). The smallest absolute Gasteiger partial charge is 0.217 e. The molecule has 0 spiro atoms. The highest BCUT2D eigenvalue weighted by Gasteiger charge is 2.44. The molecule has 5 atom stereocenters. The third-order valence-corrected chi connectivity index (χ3v) is 2.24. The Kier molecular flexibility index (Phi) is 3.97. The van der Waals surface area contributed by atoms with Crippen LogP contribution in [0.3, 0.4) is 0 Å². The van der Waals surface area contributed by atoms with Gasteiger partial charge in [0.25, 0.3) is 0 Å². The molecule has 0 saturated carbocycles. The van der Waals surface area contributed by atoms with Crippen molar-refractivity contribution in [3.8, 4) is 0 Å². The minimum Gasteiger partial charge on any atom is -0.388 e. The molecule has 0 aromatic heterocycles. The Morgan fingerprint density at radius 3 is 2.47 bits per heavy atom. The lowest BCUT2D eigenvalue weighted by atomic mass is 9.97. The molecule has 0 radical (unpaired) electrons. The first-order valence-corrected chi connectivity index (χ1v) is 4.50. The molecule has 1 heterocycles. The summed E-state index contributed by atoms with van der Waals surface area (Å²) in [6.07, 6.45) is -5.75. The van der Waals surface area contributed by atoms with Crippen molar-refractivity contribution in [2.75, 3.05) is 6.67 Å². The highest BCUT2D eigenvalue weighted by atomic mass is 19.1. The van der Waals surface area contributed by atoms with E-state index in [9.17, 15) is 24.5 Å². The standard InChI is InChI=1S/C8H14FNO5/c1-3(11)10-5-7(13)6(12)4(2-9)15-8(5)14/h4-8,12-14H,2H2,1H3,(H,10,11)/t4?,5?,6-,7?,8-/m0/s1. The van der Waals surface area contributed by atoms with E-state index in [1.165, 1.54) is 6.92 Å². The van der Waals surface area contributed by atoms with E-state index in [1.807, 2.05) is 0 Å². The number of hydrogen-bond acceptors (Lipinski definition) is 5. The van der Waals surface area contributed by atoms with Crippen molar-refractivity contribution < 1.29 is 29.2 Å². The van der Waals surface area contributed by atoms with Crippen LogP contribution in [-0.2, 0) is 9.53 Å². The van der Waals surface area contributed by atoms with Crippen LogP contribution in [-0.4, -0.2) is 58.5 Å². The summed E-state index contributed by atoms with van der Waals surface area (Å²) in [6, 6.07) is -1.15. The van der Waals surface area contributed by atoms with Gasteiger partial charge in [0.2, 0.25) is 5.91 Å². The van der Waals surface area contributed by atoms with Gasteiger partial charge in [0, 0.05) is 6.92 Å². The highest BCUT2D eigenvalue weighted by molar-refractivity contribution is 5.73. The van der Waals surface area contributed by atoms with Crippen molar-refractivity contribution in [2.24, 2.45) is 0 Å². The van der Waals surface area contributed by atoms with Gasteiger partial charge < -0.3 is 25.4 Å². The Balaban J connectivity index is 2.70. The van der Waals surface area contributed by atoms with Gasteiger partial charge in [0.15, 0.2) is 6.29 Å². The predicted octanol–water partition coefficient (Wildman–Crippen LogP) is -2.10. The van der Waals surface area contributed by atoms with Crippen LogP contribution in [0.1, 0.15) is 6.92 Å². The monoisotopic (exact) mass is 223 g/mol. The summed E-state index contributed by atoms with van der Waals surface area (Å²) in [5.74, 6) is -0.493. The van der Waals surface area contributed by atoms with E-state index >= 15 is 0 Å². The minimum absolute atomic E-state index is 0.493. The number of amides is 1. The molecule has 0 bridgehead atoms. The Hall–Kier alpha value is -0.760. The van der Waals surface area contributed by atoms with Crippen LogP contribution >= 0.6 is 0 Å². The average Bonchev–Trinajstić information content (AvgIpc) is 2.18. The van der Waals surface area contributed by atoms with E-state index in [1.54, 1.807) is 0 Å². The van der Waals surface area contributed by atoms with E-state index in [0.717, 1.165) is 0 Å². The van der Waals surface area contributed by atoms with Crippen LogP contribution in [0.2, 0.25) is 0 Å². The van der Waals surface area contributed by atoms with Gasteiger partial charge in [-0.05, 0) is 0 Å². The van der Waals surface area contributed by atoms with Crippen molar-refractivity contribution in [1.29, 1.82) is 0 Å². The van der Waals surface area contributed by atoms with E-state index in [-0.39, 0.29) is 0 Å². The molecule has 88 valence electrons. The molecule has 3 unspecified atom stereocenters. The van der Waals surface area contributed by atoms with Crippen LogP contribution in [0, 0.1) is 0 Å². The maximum atomic E-state index is 12.3. The number of carbonyl (C=O) groups excluding carboxylic acids is 1. The van der Waals surface area contributed by atoms with Crippen LogP contribution < -0.4 is 5.32 Å². The molecular weight excluding hydrogens is 209 g/mol. The molecule has 15 heavy (non-hydrogen) atoms. The maximum Gasteiger partial charge on any atom is 0.217 e. The molecule has 1 saturated heterocycles. The van der Waals surface area contributed by atoms with Crippen LogP contribution in [0.4, 0.5) is 4.39 Å². The summed E-state index contributed by atoms with van der Waals surface area (Å²) in [5.41, 5.74) is 0. The third kappa shape index (κ3) is 2.63. The molecule has 1 fully saturated rings. The first-order valence-electron chi connectivity index (χ1n) is 4.50. The van der Waals surface area contributed by atoms with E-state index in [4.69, 9.17) is 0 Å². The summed E-state index contributed by atoms with van der Waals surface area (Å²) in [5, 5.41) is 30.4. The van der Waals surface area contributed by atoms with Gasteiger partial charge in [-0.25, -0.2) is 4.39 Å². The summed E-state index contributed by atoms with van der Waals surface area (Å²) in [7, 11) is 0. The Labute approximate surface area is 85.7 Å². The Bertz CT molecular complexity index is 239. The van der Waals surface area contributed by atoms with E-state index < -0.39 is 43.2 Å². The number of carbonyl (C=O) groups is 1. The lowest BCUT2D eigenvalue weighted by Gasteiger charge is -2.39. The molecule has 1 aliphatic heterocycles. The fourth-order valence-corrected chi connectivity index (χ4v) is 1.46. The molecule has 6 nitrogen and oxygen atoms in total. The number of alkyl halides is 1. The second-order valence-corrected chi connectivity index (χ2v) is 3.43. The van der Waals surface area contributed by atoms with Crippen molar-refractivity contribution in [3.63, 3.8) is 0 Å². The number of aliphatic hydroxyl groups excluding tert-OH is 3. The van der Waals surface area contributed by atoms with Crippen LogP contribution in [0.5, 0.6) is 0 Å². The molecule has 7 heteroatoms. The van der Waals surface area contributed by atoms with Crippen molar-refractivity contribution in [3.05, 3.63) is 0 Å². The summed E-state index contributed by atoms with van der Waals surface area (Å²) < 4.78 is 17.0. The number of rotatable bonds is 2. The van der Waals surface area contributed by atoms with E-state index in [2.05, 4.69) is 10.1 Å². The van der Waals surface area contributed by atoms with Crippen molar-refractivity contribution >= 4 is 5.91 Å². The second kappa shape index (κ2) is 4.84. The topological polar surface area (TPSA) is 99.0 Å². The molecule has 1 amide bonds. The lowest BCUT2D eigenvalue weighted by molar-refractivity contribution is -0.249. The first kappa shape index (κ1) is 12.3. The Morgan fingerprint density at radius 2 is 2.00 bits per heavy atom. The normalized spacial score (nSPS) is 41.3. The number of halogens is 1. The fraction of sp³-hybridized carbons (Fsp3) is 0.875. The molecule has 0 aromatic carbocycles. The lowest BCUT2D eigenvalue weighted by Crippen LogP contribution is -2.63. The van der Waals surface area contributed by atoms with Crippen molar-refractivity contribution in [1.82, 2.24) is 5.32 Å². The number of nitrogens with one attached hydrogen (secondary N) is 1.